The number of carbonyl (C=O) groups is 2. The Labute approximate surface area is 239 Å². The largest absolute Gasteiger partial charge is 0.508 e. The van der Waals surface area contributed by atoms with Crippen molar-refractivity contribution in [1.29, 1.82) is 0 Å². The molecule has 0 fully saturated rings. The molecule has 6 heteroatoms. The van der Waals surface area contributed by atoms with E-state index in [1.807, 2.05) is 12.1 Å². The molecule has 0 bridgehead atoms. The predicted octanol–water partition coefficient (Wildman–Crippen LogP) is 8.17. The van der Waals surface area contributed by atoms with E-state index < -0.39 is 0 Å². The van der Waals surface area contributed by atoms with Crippen molar-refractivity contribution >= 4 is 11.9 Å². The minimum absolute atomic E-state index is 0.0679. The van der Waals surface area contributed by atoms with Gasteiger partial charge in [-0.15, -0.1) is 0 Å². The molecule has 6 nitrogen and oxygen atoms in total. The van der Waals surface area contributed by atoms with Crippen LogP contribution in [0.2, 0.25) is 0 Å². The number of benzene rings is 1. The maximum atomic E-state index is 11.9. The monoisotopic (exact) mass is 545 g/mol. The fourth-order valence-corrected chi connectivity index (χ4v) is 4.82. The lowest BCUT2D eigenvalue weighted by molar-refractivity contribution is -0.121. The lowest BCUT2D eigenvalue weighted by atomic mass is 10.0. The normalized spacial score (nSPS) is 10.9. The number of hydrogen-bond donors (Lipinski definition) is 4. The summed E-state index contributed by atoms with van der Waals surface area (Å²) in [7, 11) is 0. The summed E-state index contributed by atoms with van der Waals surface area (Å²) in [6.45, 7) is 4.27. The molecule has 1 rings (SSSR count). The van der Waals surface area contributed by atoms with Gasteiger partial charge in [-0.2, -0.15) is 0 Å². The molecule has 0 saturated heterocycles. The van der Waals surface area contributed by atoms with E-state index in [1.165, 1.54) is 96.3 Å². The highest BCUT2D eigenvalue weighted by Crippen LogP contribution is 2.14. The molecule has 0 spiro atoms. The minimum Gasteiger partial charge on any atom is -0.508 e. The van der Waals surface area contributed by atoms with Crippen molar-refractivity contribution in [3.05, 3.63) is 29.8 Å². The molecule has 0 aromatic heterocycles. The van der Waals surface area contributed by atoms with Gasteiger partial charge >= 0.3 is 6.03 Å². The summed E-state index contributed by atoms with van der Waals surface area (Å²) in [5.41, 5.74) is 1.09. The van der Waals surface area contributed by atoms with Gasteiger partial charge in [-0.1, -0.05) is 122 Å². The maximum absolute atomic E-state index is 11.9. The van der Waals surface area contributed by atoms with Crippen LogP contribution in [0.1, 0.15) is 141 Å². The first-order chi connectivity index (χ1) is 19.1. The topological polar surface area (TPSA) is 90.5 Å². The second kappa shape index (κ2) is 26.0. The molecule has 0 aliphatic carbocycles. The van der Waals surface area contributed by atoms with Crippen LogP contribution in [-0.2, 0) is 11.2 Å². The van der Waals surface area contributed by atoms with E-state index in [4.69, 9.17) is 0 Å². The zero-order chi connectivity index (χ0) is 28.2. The molecule has 1 aromatic carbocycles. The summed E-state index contributed by atoms with van der Waals surface area (Å²) < 4.78 is 0. The van der Waals surface area contributed by atoms with E-state index in [-0.39, 0.29) is 17.7 Å². The van der Waals surface area contributed by atoms with E-state index in [0.717, 1.165) is 44.2 Å². The number of aromatic hydroxyl groups is 1. The molecule has 0 atom stereocenters. The smallest absolute Gasteiger partial charge is 0.314 e. The van der Waals surface area contributed by atoms with Gasteiger partial charge in [0.1, 0.15) is 5.75 Å². The Morgan fingerprint density at radius 2 is 1.00 bits per heavy atom. The number of phenols is 1. The zero-order valence-corrected chi connectivity index (χ0v) is 25.0. The van der Waals surface area contributed by atoms with Gasteiger partial charge in [0.05, 0.1) is 0 Å². The van der Waals surface area contributed by atoms with E-state index >= 15 is 0 Å². The molecule has 3 amide bonds. The molecule has 0 unspecified atom stereocenters. The molecule has 0 saturated carbocycles. The highest BCUT2D eigenvalue weighted by Gasteiger charge is 2.03. The average molecular weight is 546 g/mol. The van der Waals surface area contributed by atoms with Crippen LogP contribution in [0.4, 0.5) is 4.79 Å². The number of urea groups is 1. The molecular formula is C33H59N3O3. The third-order valence-electron chi connectivity index (χ3n) is 7.35. The summed E-state index contributed by atoms with van der Waals surface area (Å²) >= 11 is 0. The third-order valence-corrected chi connectivity index (χ3v) is 7.35. The maximum Gasteiger partial charge on any atom is 0.314 e. The second-order valence-corrected chi connectivity index (χ2v) is 11.1. The highest BCUT2D eigenvalue weighted by atomic mass is 16.3. The lowest BCUT2D eigenvalue weighted by Gasteiger charge is -2.08. The number of unbranched alkanes of at least 4 members (excludes halogenated alkanes) is 17. The van der Waals surface area contributed by atoms with Crippen LogP contribution < -0.4 is 16.0 Å². The number of amides is 3. The van der Waals surface area contributed by atoms with Gasteiger partial charge < -0.3 is 21.1 Å². The minimum atomic E-state index is -0.0806. The number of carbonyl (C=O) groups excluding carboxylic acids is 2. The van der Waals surface area contributed by atoms with Gasteiger partial charge in [-0.3, -0.25) is 4.79 Å². The van der Waals surface area contributed by atoms with Crippen LogP contribution in [0.15, 0.2) is 24.3 Å². The fraction of sp³-hybridized carbons (Fsp3) is 0.758. The molecular weight excluding hydrogens is 486 g/mol. The molecule has 0 heterocycles. The van der Waals surface area contributed by atoms with Crippen molar-refractivity contribution in [2.45, 2.75) is 142 Å². The highest BCUT2D eigenvalue weighted by molar-refractivity contribution is 5.75. The first-order valence-corrected chi connectivity index (χ1v) is 16.2. The molecule has 4 N–H and O–H groups in total. The fourth-order valence-electron chi connectivity index (χ4n) is 4.82. The van der Waals surface area contributed by atoms with Crippen LogP contribution >= 0.6 is 0 Å². The quantitative estimate of drug-likeness (QED) is 0.0885. The molecule has 39 heavy (non-hydrogen) atoms. The van der Waals surface area contributed by atoms with Crippen molar-refractivity contribution in [2.75, 3.05) is 19.6 Å². The third kappa shape index (κ3) is 23.4. The van der Waals surface area contributed by atoms with E-state index in [2.05, 4.69) is 22.9 Å². The molecule has 0 radical (unpaired) electrons. The second-order valence-electron chi connectivity index (χ2n) is 11.1. The van der Waals surface area contributed by atoms with E-state index in [0.29, 0.717) is 19.5 Å². The van der Waals surface area contributed by atoms with Crippen LogP contribution in [-0.4, -0.2) is 36.7 Å². The Morgan fingerprint density at radius 3 is 1.49 bits per heavy atom. The average Bonchev–Trinajstić information content (AvgIpc) is 2.93. The Balaban J connectivity index is 1.76. The summed E-state index contributed by atoms with van der Waals surface area (Å²) in [5.74, 6) is 0.323. The van der Waals surface area contributed by atoms with Crippen molar-refractivity contribution in [2.24, 2.45) is 0 Å². The summed E-state index contributed by atoms with van der Waals surface area (Å²) in [6, 6.07) is 6.97. The van der Waals surface area contributed by atoms with Crippen LogP contribution in [0.3, 0.4) is 0 Å². The van der Waals surface area contributed by atoms with Gasteiger partial charge in [0.25, 0.3) is 0 Å². The molecule has 0 aliphatic heterocycles. The van der Waals surface area contributed by atoms with Gasteiger partial charge in [0.2, 0.25) is 5.91 Å². The first-order valence-electron chi connectivity index (χ1n) is 16.2. The summed E-state index contributed by atoms with van der Waals surface area (Å²) in [5, 5.41) is 18.1. The SMILES string of the molecule is CCCCCCCCCCCCCCCCCCNC(=O)NCCCCCC(=O)NCCc1ccc(O)cc1. The first kappa shape index (κ1) is 34.8. The number of nitrogens with one attached hydrogen (secondary N) is 3. The van der Waals surface area contributed by atoms with Gasteiger partial charge in [0, 0.05) is 26.1 Å². The number of rotatable bonds is 26. The van der Waals surface area contributed by atoms with Crippen LogP contribution in [0, 0.1) is 0 Å². The van der Waals surface area contributed by atoms with Crippen molar-refractivity contribution in [3.63, 3.8) is 0 Å². The van der Waals surface area contributed by atoms with Crippen molar-refractivity contribution < 1.29 is 14.7 Å². The molecule has 0 aliphatic rings. The Bertz CT molecular complexity index is 709. The summed E-state index contributed by atoms with van der Waals surface area (Å²) in [4.78, 5) is 23.8. The van der Waals surface area contributed by atoms with Gasteiger partial charge in [0.15, 0.2) is 0 Å². The van der Waals surface area contributed by atoms with Gasteiger partial charge in [-0.05, 0) is 43.4 Å². The zero-order valence-electron chi connectivity index (χ0n) is 25.0. The van der Waals surface area contributed by atoms with Gasteiger partial charge in [-0.25, -0.2) is 4.79 Å². The Hall–Kier alpha value is -2.24. The number of hydrogen-bond acceptors (Lipinski definition) is 3. The summed E-state index contributed by atoms with van der Waals surface area (Å²) in [6.07, 6.45) is 25.6. The predicted molar refractivity (Wildman–Crippen MR) is 164 cm³/mol. The Kier molecular flexibility index (Phi) is 23.2. The number of phenolic OH excluding ortho intramolecular Hbond substituents is 1. The standard InChI is InChI=1S/C33H59N3O3/c1-2-3-4-5-6-7-8-9-10-11-12-13-14-15-16-19-27-35-33(39)36-28-20-17-18-21-32(38)34-29-26-30-22-24-31(37)25-23-30/h22-25,37H,2-21,26-29H2,1H3,(H,34,38)(H2,35,36,39). The van der Waals surface area contributed by atoms with Crippen molar-refractivity contribution in [3.8, 4) is 5.75 Å². The van der Waals surface area contributed by atoms with Crippen LogP contribution in [0.5, 0.6) is 5.75 Å². The van der Waals surface area contributed by atoms with E-state index in [1.54, 1.807) is 12.1 Å². The van der Waals surface area contributed by atoms with Crippen LogP contribution in [0.25, 0.3) is 0 Å². The molecule has 1 aromatic rings. The van der Waals surface area contributed by atoms with Crippen molar-refractivity contribution in [1.82, 2.24) is 16.0 Å². The molecule has 224 valence electrons. The lowest BCUT2D eigenvalue weighted by Crippen LogP contribution is -2.36. The van der Waals surface area contributed by atoms with E-state index in [9.17, 15) is 14.7 Å². The Morgan fingerprint density at radius 1 is 0.564 bits per heavy atom.